The molecule has 0 spiro atoms. The number of ether oxygens (including phenoxy) is 1. The Bertz CT molecular complexity index is 1180. The molecule has 0 aliphatic rings. The zero-order valence-corrected chi connectivity index (χ0v) is 23.1. The fraction of sp³-hybridized carbons (Fsp3) is 0.394. The van der Waals surface area contributed by atoms with E-state index < -0.39 is 17.8 Å². The van der Waals surface area contributed by atoms with Gasteiger partial charge in [0, 0.05) is 24.1 Å². The third-order valence-corrected chi connectivity index (χ3v) is 6.69. The first-order valence-electron chi connectivity index (χ1n) is 13.6. The Morgan fingerprint density at radius 1 is 0.947 bits per heavy atom. The lowest BCUT2D eigenvalue weighted by Gasteiger charge is -2.21. The van der Waals surface area contributed by atoms with Gasteiger partial charge >= 0.3 is 0 Å². The molecule has 0 heterocycles. The molecule has 0 bridgehead atoms. The standard InChI is InChI=1S/C33H40FNO3/c1-5-6-7-8-10-31(29-20-15-26(23-30(29)34)32(37)35-21-9-22-36)38-28-18-13-25(14-19-28)24-11-16-27(17-12-24)33(2,3)4/h11-20,22-23,31H,5-10,21H2,1-4H3,(H,35,37). The van der Waals surface area contributed by atoms with E-state index in [4.69, 9.17) is 4.74 Å². The van der Waals surface area contributed by atoms with Gasteiger partial charge in [-0.3, -0.25) is 4.79 Å². The van der Waals surface area contributed by atoms with Crippen LogP contribution >= 0.6 is 0 Å². The number of unbranched alkanes of at least 4 members (excludes halogenated alkanes) is 3. The molecule has 4 nitrogen and oxygen atoms in total. The lowest BCUT2D eigenvalue weighted by molar-refractivity contribution is -0.107. The zero-order valence-electron chi connectivity index (χ0n) is 23.1. The first kappa shape index (κ1) is 29.1. The molecule has 3 aromatic rings. The molecule has 1 unspecified atom stereocenters. The average Bonchev–Trinajstić information content (AvgIpc) is 2.90. The van der Waals surface area contributed by atoms with Gasteiger partial charge in [-0.05, 0) is 59.2 Å². The summed E-state index contributed by atoms with van der Waals surface area (Å²) < 4.78 is 21.5. The van der Waals surface area contributed by atoms with Gasteiger partial charge in [0.15, 0.2) is 0 Å². The van der Waals surface area contributed by atoms with Gasteiger partial charge in [0.25, 0.3) is 5.91 Å². The Morgan fingerprint density at radius 3 is 2.18 bits per heavy atom. The van der Waals surface area contributed by atoms with Gasteiger partial charge in [-0.25, -0.2) is 4.39 Å². The molecule has 0 saturated carbocycles. The number of aldehydes is 1. The summed E-state index contributed by atoms with van der Waals surface area (Å²) in [6.45, 7) is 8.99. The number of carbonyl (C=O) groups excluding carboxylic acids is 2. The van der Waals surface area contributed by atoms with Crippen molar-refractivity contribution in [3.8, 4) is 16.9 Å². The lowest BCUT2D eigenvalue weighted by atomic mass is 9.86. The summed E-state index contributed by atoms with van der Waals surface area (Å²) in [4.78, 5) is 22.8. The molecule has 0 aromatic heterocycles. The van der Waals surface area contributed by atoms with Crippen LogP contribution in [0, 0.1) is 5.82 Å². The van der Waals surface area contributed by atoms with Crippen LogP contribution in [0.15, 0.2) is 66.7 Å². The Balaban J connectivity index is 1.76. The van der Waals surface area contributed by atoms with E-state index in [2.05, 4.69) is 57.3 Å². The van der Waals surface area contributed by atoms with E-state index in [9.17, 15) is 9.59 Å². The molecule has 0 fully saturated rings. The van der Waals surface area contributed by atoms with Gasteiger partial charge in [0.05, 0.1) is 0 Å². The molecule has 3 aromatic carbocycles. The quantitative estimate of drug-likeness (QED) is 0.184. The van der Waals surface area contributed by atoms with E-state index in [0.717, 1.165) is 43.1 Å². The minimum atomic E-state index is -0.468. The van der Waals surface area contributed by atoms with Crippen molar-refractivity contribution in [1.82, 2.24) is 5.32 Å². The highest BCUT2D eigenvalue weighted by Gasteiger charge is 2.20. The summed E-state index contributed by atoms with van der Waals surface area (Å²) in [6.07, 6.45) is 5.39. The second-order valence-electron chi connectivity index (χ2n) is 10.8. The van der Waals surface area contributed by atoms with Crippen LogP contribution in [0.3, 0.4) is 0 Å². The molecule has 1 atom stereocenters. The van der Waals surface area contributed by atoms with Crippen molar-refractivity contribution < 1.29 is 18.7 Å². The third kappa shape index (κ3) is 8.27. The molecule has 38 heavy (non-hydrogen) atoms. The summed E-state index contributed by atoms with van der Waals surface area (Å²) in [5, 5.41) is 2.62. The number of rotatable bonds is 13. The normalized spacial score (nSPS) is 12.1. The van der Waals surface area contributed by atoms with Crippen LogP contribution in [0.25, 0.3) is 11.1 Å². The predicted molar refractivity (Wildman–Crippen MR) is 152 cm³/mol. The summed E-state index contributed by atoms with van der Waals surface area (Å²) in [6, 6.07) is 21.0. The Morgan fingerprint density at radius 2 is 1.61 bits per heavy atom. The smallest absolute Gasteiger partial charge is 0.251 e. The fourth-order valence-electron chi connectivity index (χ4n) is 4.36. The van der Waals surface area contributed by atoms with Gasteiger partial charge in [0.1, 0.15) is 24.0 Å². The maximum Gasteiger partial charge on any atom is 0.251 e. The maximum absolute atomic E-state index is 15.2. The molecular formula is C33H40FNO3. The molecule has 0 aliphatic heterocycles. The number of carbonyl (C=O) groups is 2. The minimum Gasteiger partial charge on any atom is -0.486 e. The van der Waals surface area contributed by atoms with Crippen LogP contribution in [0.1, 0.15) is 93.8 Å². The Kier molecular flexibility index (Phi) is 10.6. The molecule has 1 N–H and O–H groups in total. The largest absolute Gasteiger partial charge is 0.486 e. The van der Waals surface area contributed by atoms with Crippen LogP contribution in [0.4, 0.5) is 4.39 Å². The predicted octanol–water partition coefficient (Wildman–Crippen LogP) is 8.20. The minimum absolute atomic E-state index is 0.107. The molecule has 0 aliphatic carbocycles. The van der Waals surface area contributed by atoms with Crippen LogP contribution in [0.2, 0.25) is 0 Å². The second-order valence-corrected chi connectivity index (χ2v) is 10.8. The van der Waals surface area contributed by atoms with Gasteiger partial charge in [0.2, 0.25) is 0 Å². The highest BCUT2D eigenvalue weighted by molar-refractivity contribution is 5.94. The molecule has 0 radical (unpaired) electrons. The molecule has 1 amide bonds. The van der Waals surface area contributed by atoms with E-state index in [1.54, 1.807) is 12.1 Å². The average molecular weight is 518 g/mol. The van der Waals surface area contributed by atoms with Crippen molar-refractivity contribution in [2.45, 2.75) is 77.7 Å². The van der Waals surface area contributed by atoms with Crippen molar-refractivity contribution >= 4 is 12.2 Å². The monoisotopic (exact) mass is 517 g/mol. The zero-order chi connectivity index (χ0) is 27.5. The highest BCUT2D eigenvalue weighted by atomic mass is 19.1. The van der Waals surface area contributed by atoms with E-state index >= 15 is 4.39 Å². The molecule has 0 saturated heterocycles. The number of hydrogen-bond acceptors (Lipinski definition) is 3. The van der Waals surface area contributed by atoms with Gasteiger partial charge < -0.3 is 14.8 Å². The Labute approximate surface area is 226 Å². The summed E-state index contributed by atoms with van der Waals surface area (Å²) in [5.74, 6) is -0.191. The van der Waals surface area contributed by atoms with Crippen molar-refractivity contribution in [3.63, 3.8) is 0 Å². The summed E-state index contributed by atoms with van der Waals surface area (Å²) >= 11 is 0. The van der Waals surface area contributed by atoms with Crippen LogP contribution < -0.4 is 10.1 Å². The number of halogens is 1. The molecular weight excluding hydrogens is 477 g/mol. The SMILES string of the molecule is CCCCCCC(Oc1ccc(-c2ccc(C(C)(C)C)cc2)cc1)c1ccc(C(=O)NCCC=O)cc1F. The maximum atomic E-state index is 15.2. The van der Waals surface area contributed by atoms with Crippen molar-refractivity contribution in [2.24, 2.45) is 0 Å². The van der Waals surface area contributed by atoms with Crippen LogP contribution in [-0.2, 0) is 10.2 Å². The number of nitrogens with one attached hydrogen (secondary N) is 1. The fourth-order valence-corrected chi connectivity index (χ4v) is 4.36. The molecule has 5 heteroatoms. The van der Waals surface area contributed by atoms with Crippen molar-refractivity contribution in [3.05, 3.63) is 89.2 Å². The summed E-state index contributed by atoms with van der Waals surface area (Å²) in [5.41, 5.74) is 4.29. The van der Waals surface area contributed by atoms with Crippen molar-refractivity contribution in [2.75, 3.05) is 6.54 Å². The first-order chi connectivity index (χ1) is 18.2. The number of benzene rings is 3. The molecule has 202 valence electrons. The topological polar surface area (TPSA) is 55.4 Å². The van der Waals surface area contributed by atoms with Gasteiger partial charge in [-0.2, -0.15) is 0 Å². The van der Waals surface area contributed by atoms with Crippen LogP contribution in [0.5, 0.6) is 5.75 Å². The van der Waals surface area contributed by atoms with Gasteiger partial charge in [-0.1, -0.05) is 89.4 Å². The van der Waals surface area contributed by atoms with E-state index in [-0.39, 0.29) is 23.9 Å². The van der Waals surface area contributed by atoms with Gasteiger partial charge in [-0.15, -0.1) is 0 Å². The lowest BCUT2D eigenvalue weighted by Crippen LogP contribution is -2.25. The number of hydrogen-bond donors (Lipinski definition) is 1. The summed E-state index contributed by atoms with van der Waals surface area (Å²) in [7, 11) is 0. The highest BCUT2D eigenvalue weighted by Crippen LogP contribution is 2.32. The van der Waals surface area contributed by atoms with E-state index in [0.29, 0.717) is 17.7 Å². The van der Waals surface area contributed by atoms with Crippen LogP contribution in [-0.4, -0.2) is 18.7 Å². The van der Waals surface area contributed by atoms with E-state index in [1.807, 2.05) is 24.3 Å². The first-order valence-corrected chi connectivity index (χ1v) is 13.6. The molecule has 3 rings (SSSR count). The van der Waals surface area contributed by atoms with Crippen molar-refractivity contribution in [1.29, 1.82) is 0 Å². The second kappa shape index (κ2) is 13.9. The van der Waals surface area contributed by atoms with E-state index in [1.165, 1.54) is 11.6 Å². The number of amides is 1. The third-order valence-electron chi connectivity index (χ3n) is 6.69. The Hall–Kier alpha value is -3.47.